The third-order valence-electron chi connectivity index (χ3n) is 2.59. The zero-order chi connectivity index (χ0) is 13.8. The average molecular weight is 318 g/mol. The lowest BCUT2D eigenvalue weighted by Gasteiger charge is -2.12. The van der Waals surface area contributed by atoms with Crippen molar-refractivity contribution in [2.75, 3.05) is 0 Å². The zero-order valence-electron chi connectivity index (χ0n) is 9.87. The van der Waals surface area contributed by atoms with E-state index in [0.717, 1.165) is 5.56 Å². The van der Waals surface area contributed by atoms with Crippen molar-refractivity contribution in [1.82, 2.24) is 0 Å². The summed E-state index contributed by atoms with van der Waals surface area (Å²) in [5, 5.41) is 10.7. The fraction of sp³-hybridized carbons (Fsp3) is 0.143. The van der Waals surface area contributed by atoms with Crippen molar-refractivity contribution >= 4 is 34.8 Å². The number of para-hydroxylation sites is 1. The fourth-order valence-electron chi connectivity index (χ4n) is 1.62. The van der Waals surface area contributed by atoms with E-state index in [1.165, 1.54) is 0 Å². The van der Waals surface area contributed by atoms with E-state index in [2.05, 4.69) is 0 Å². The molecule has 19 heavy (non-hydrogen) atoms. The number of halogens is 3. The molecule has 0 radical (unpaired) electrons. The Kier molecular flexibility index (Phi) is 4.94. The van der Waals surface area contributed by atoms with E-state index in [0.29, 0.717) is 33.0 Å². The first-order chi connectivity index (χ1) is 9.11. The van der Waals surface area contributed by atoms with E-state index in [-0.39, 0.29) is 6.61 Å². The van der Waals surface area contributed by atoms with Crippen LogP contribution < -0.4 is 4.74 Å². The number of rotatable bonds is 4. The Morgan fingerprint density at radius 3 is 2.42 bits per heavy atom. The van der Waals surface area contributed by atoms with Gasteiger partial charge in [-0.1, -0.05) is 53.0 Å². The van der Waals surface area contributed by atoms with Crippen molar-refractivity contribution in [3.63, 3.8) is 0 Å². The summed E-state index contributed by atoms with van der Waals surface area (Å²) in [6.45, 7) is 0.172. The second-order valence-electron chi connectivity index (χ2n) is 3.92. The maximum Gasteiger partial charge on any atom is 0.143 e. The predicted octanol–water partition coefficient (Wildman–Crippen LogP) is 4.72. The second kappa shape index (κ2) is 6.49. The summed E-state index contributed by atoms with van der Waals surface area (Å²) in [7, 11) is 0. The monoisotopic (exact) mass is 316 g/mol. The van der Waals surface area contributed by atoms with E-state index >= 15 is 0 Å². The van der Waals surface area contributed by atoms with Gasteiger partial charge in [0.2, 0.25) is 0 Å². The van der Waals surface area contributed by atoms with Gasteiger partial charge in [0.1, 0.15) is 12.4 Å². The summed E-state index contributed by atoms with van der Waals surface area (Å²) in [6, 6.07) is 10.5. The minimum Gasteiger partial charge on any atom is -0.487 e. The lowest BCUT2D eigenvalue weighted by Crippen LogP contribution is -1.99. The largest absolute Gasteiger partial charge is 0.487 e. The van der Waals surface area contributed by atoms with E-state index in [9.17, 15) is 5.11 Å². The summed E-state index contributed by atoms with van der Waals surface area (Å²) in [5.41, 5.74) is 1.52. The van der Waals surface area contributed by atoms with Crippen LogP contribution in [-0.2, 0) is 13.2 Å². The highest BCUT2D eigenvalue weighted by Crippen LogP contribution is 2.30. The average Bonchev–Trinajstić information content (AvgIpc) is 2.41. The highest BCUT2D eigenvalue weighted by atomic mass is 35.5. The molecule has 0 spiro atoms. The Morgan fingerprint density at radius 2 is 1.74 bits per heavy atom. The number of hydrogen-bond acceptors (Lipinski definition) is 2. The molecule has 2 aromatic rings. The molecule has 2 nitrogen and oxygen atoms in total. The first-order valence-electron chi connectivity index (χ1n) is 5.57. The van der Waals surface area contributed by atoms with E-state index in [1.54, 1.807) is 30.3 Å². The molecule has 0 bridgehead atoms. The van der Waals surface area contributed by atoms with Crippen LogP contribution in [0.5, 0.6) is 5.75 Å². The summed E-state index contributed by atoms with van der Waals surface area (Å²) < 4.78 is 5.65. The Hall–Kier alpha value is -0.930. The number of aliphatic hydroxyl groups is 1. The van der Waals surface area contributed by atoms with Crippen molar-refractivity contribution < 1.29 is 9.84 Å². The molecule has 5 heteroatoms. The summed E-state index contributed by atoms with van der Waals surface area (Å²) in [4.78, 5) is 0. The molecule has 1 N–H and O–H groups in total. The van der Waals surface area contributed by atoms with Gasteiger partial charge in [0, 0.05) is 5.56 Å². The van der Waals surface area contributed by atoms with Crippen LogP contribution in [0.2, 0.25) is 15.1 Å². The van der Waals surface area contributed by atoms with Crippen molar-refractivity contribution in [2.45, 2.75) is 13.2 Å². The third-order valence-corrected chi connectivity index (χ3v) is 3.62. The van der Waals surface area contributed by atoms with Gasteiger partial charge in [-0.3, -0.25) is 0 Å². The molecule has 0 aromatic heterocycles. The predicted molar refractivity (Wildman–Crippen MR) is 78.2 cm³/mol. The highest BCUT2D eigenvalue weighted by molar-refractivity contribution is 6.42. The standard InChI is InChI=1S/C14H11Cl3O2/c15-11-5-4-9(6-13(11)17)8-19-14-10(7-18)2-1-3-12(14)16/h1-6,18H,7-8H2. The SMILES string of the molecule is OCc1cccc(Cl)c1OCc1ccc(Cl)c(Cl)c1. The maximum absolute atomic E-state index is 9.24. The van der Waals surface area contributed by atoms with Crippen LogP contribution in [-0.4, -0.2) is 5.11 Å². The van der Waals surface area contributed by atoms with Gasteiger partial charge >= 0.3 is 0 Å². The quantitative estimate of drug-likeness (QED) is 0.884. The van der Waals surface area contributed by atoms with Gasteiger partial charge in [0.25, 0.3) is 0 Å². The molecular formula is C14H11Cl3O2. The van der Waals surface area contributed by atoms with Crippen molar-refractivity contribution in [3.8, 4) is 5.75 Å². The topological polar surface area (TPSA) is 29.5 Å². The van der Waals surface area contributed by atoms with Crippen molar-refractivity contribution in [1.29, 1.82) is 0 Å². The molecule has 0 aliphatic rings. The number of benzene rings is 2. The number of ether oxygens (including phenoxy) is 1. The fourth-order valence-corrected chi connectivity index (χ4v) is 2.19. The smallest absolute Gasteiger partial charge is 0.143 e. The van der Waals surface area contributed by atoms with E-state index in [1.807, 2.05) is 6.07 Å². The van der Waals surface area contributed by atoms with Crippen LogP contribution in [0.3, 0.4) is 0 Å². The molecule has 100 valence electrons. The molecule has 0 aliphatic carbocycles. The summed E-state index contributed by atoms with van der Waals surface area (Å²) >= 11 is 17.8. The molecule has 0 saturated heterocycles. The molecule has 0 unspecified atom stereocenters. The van der Waals surface area contributed by atoms with Crippen molar-refractivity contribution in [2.24, 2.45) is 0 Å². The third kappa shape index (κ3) is 3.54. The Bertz CT molecular complexity index is 585. The highest BCUT2D eigenvalue weighted by Gasteiger charge is 2.08. The molecule has 2 rings (SSSR count). The van der Waals surface area contributed by atoms with Gasteiger partial charge in [-0.2, -0.15) is 0 Å². The first-order valence-corrected chi connectivity index (χ1v) is 6.70. The second-order valence-corrected chi connectivity index (χ2v) is 5.14. The molecule has 0 heterocycles. The van der Waals surface area contributed by atoms with Crippen LogP contribution in [0.15, 0.2) is 36.4 Å². The van der Waals surface area contributed by atoms with Gasteiger partial charge in [0.15, 0.2) is 0 Å². The molecule has 0 fully saturated rings. The maximum atomic E-state index is 9.24. The first kappa shape index (κ1) is 14.5. The van der Waals surface area contributed by atoms with E-state index in [4.69, 9.17) is 39.5 Å². The summed E-state index contributed by atoms with van der Waals surface area (Å²) in [6.07, 6.45) is 0. The summed E-state index contributed by atoms with van der Waals surface area (Å²) in [5.74, 6) is 0.484. The van der Waals surface area contributed by atoms with Gasteiger partial charge < -0.3 is 9.84 Å². The molecule has 0 atom stereocenters. The molecule has 0 aliphatic heterocycles. The Labute approximate surface area is 126 Å². The molecule has 0 saturated carbocycles. The molecule has 0 amide bonds. The van der Waals surface area contributed by atoms with Gasteiger partial charge in [-0.25, -0.2) is 0 Å². The van der Waals surface area contributed by atoms with Crippen LogP contribution in [0.25, 0.3) is 0 Å². The van der Waals surface area contributed by atoms with Crippen LogP contribution >= 0.6 is 34.8 Å². The van der Waals surface area contributed by atoms with Crippen LogP contribution in [0, 0.1) is 0 Å². The molecule has 2 aromatic carbocycles. The van der Waals surface area contributed by atoms with Gasteiger partial charge in [-0.15, -0.1) is 0 Å². The molecular weight excluding hydrogens is 307 g/mol. The minimum atomic E-state index is -0.128. The normalized spacial score (nSPS) is 10.5. The number of hydrogen-bond donors (Lipinski definition) is 1. The van der Waals surface area contributed by atoms with Crippen LogP contribution in [0.1, 0.15) is 11.1 Å². The minimum absolute atomic E-state index is 0.128. The van der Waals surface area contributed by atoms with E-state index < -0.39 is 0 Å². The lowest BCUT2D eigenvalue weighted by atomic mass is 10.2. The van der Waals surface area contributed by atoms with Gasteiger partial charge in [0.05, 0.1) is 21.7 Å². The Balaban J connectivity index is 2.16. The van der Waals surface area contributed by atoms with Gasteiger partial charge in [-0.05, 0) is 23.8 Å². The zero-order valence-corrected chi connectivity index (χ0v) is 12.1. The van der Waals surface area contributed by atoms with Crippen LogP contribution in [0.4, 0.5) is 0 Å². The lowest BCUT2D eigenvalue weighted by molar-refractivity contribution is 0.259. The Morgan fingerprint density at radius 1 is 0.947 bits per heavy atom. The number of aliphatic hydroxyl groups excluding tert-OH is 1. The van der Waals surface area contributed by atoms with Crippen molar-refractivity contribution in [3.05, 3.63) is 62.6 Å².